The minimum atomic E-state index is 0.126. The van der Waals surface area contributed by atoms with E-state index in [1.807, 2.05) is 37.1 Å². The molecule has 0 bridgehead atoms. The van der Waals surface area contributed by atoms with E-state index in [-0.39, 0.29) is 5.78 Å². The van der Waals surface area contributed by atoms with Crippen LogP contribution in [0, 0.1) is 0 Å². The molecule has 0 aliphatic heterocycles. The number of halogens is 1. The maximum Gasteiger partial charge on any atom is 0.173 e. The molecule has 0 unspecified atom stereocenters. The summed E-state index contributed by atoms with van der Waals surface area (Å²) in [6, 6.07) is 9.23. The van der Waals surface area contributed by atoms with Gasteiger partial charge < -0.3 is 4.79 Å². The van der Waals surface area contributed by atoms with Gasteiger partial charge in [0.2, 0.25) is 0 Å². The predicted molar refractivity (Wildman–Crippen MR) is 51.7 cm³/mol. The summed E-state index contributed by atoms with van der Waals surface area (Å²) in [4.78, 5) is 19.0. The lowest BCUT2D eigenvalue weighted by Gasteiger charge is -1.92. The van der Waals surface area contributed by atoms with Gasteiger partial charge in [-0.05, 0) is 0 Å². The van der Waals surface area contributed by atoms with Crippen LogP contribution in [0.5, 0.6) is 0 Å². The van der Waals surface area contributed by atoms with Gasteiger partial charge in [-0.2, -0.15) is 0 Å². The monoisotopic (exact) mass is 228 g/mol. The molecule has 0 aromatic heterocycles. The fraction of sp³-hybridized carbons (Fsp3) is 0.111. The number of ketones is 1. The molecule has 0 saturated heterocycles. The number of alkyl halides is 1. The van der Waals surface area contributed by atoms with Gasteiger partial charge in [0.15, 0.2) is 5.78 Å². The molecule has 0 N–H and O–H groups in total. The summed E-state index contributed by atoms with van der Waals surface area (Å²) in [5.74, 6) is 0.126. The minimum absolute atomic E-state index is 0.126. The van der Waals surface area contributed by atoms with Crippen molar-refractivity contribution in [3.63, 3.8) is 0 Å². The lowest BCUT2D eigenvalue weighted by atomic mass is 10.2. The molecule has 3 heteroatoms. The fourth-order valence-corrected chi connectivity index (χ4v) is 1.02. The fourth-order valence-electron chi connectivity index (χ4n) is 0.701. The first-order valence-electron chi connectivity index (χ1n) is 3.27. The van der Waals surface area contributed by atoms with Crippen LogP contribution in [-0.4, -0.2) is 17.9 Å². The van der Waals surface area contributed by atoms with Crippen molar-refractivity contribution < 1.29 is 9.59 Å². The SMILES string of the molecule is C=O.O=C(CBr)c1ccccc1. The number of Topliss-reactive ketones (excluding diaryl/α,β-unsaturated/α-hetero) is 1. The van der Waals surface area contributed by atoms with E-state index in [9.17, 15) is 4.79 Å². The maximum absolute atomic E-state index is 11.0. The molecule has 0 radical (unpaired) electrons. The van der Waals surface area contributed by atoms with Crippen molar-refractivity contribution in [2.45, 2.75) is 0 Å². The Morgan fingerprint density at radius 3 is 2.17 bits per heavy atom. The van der Waals surface area contributed by atoms with Crippen molar-refractivity contribution in [1.29, 1.82) is 0 Å². The van der Waals surface area contributed by atoms with E-state index in [4.69, 9.17) is 4.79 Å². The van der Waals surface area contributed by atoms with Crippen molar-refractivity contribution in [1.82, 2.24) is 0 Å². The molecule has 0 saturated carbocycles. The first kappa shape index (κ1) is 11.0. The molecule has 0 aliphatic carbocycles. The highest BCUT2D eigenvalue weighted by molar-refractivity contribution is 9.09. The summed E-state index contributed by atoms with van der Waals surface area (Å²) in [6.45, 7) is 2.00. The molecule has 1 aromatic rings. The van der Waals surface area contributed by atoms with Gasteiger partial charge in [0.25, 0.3) is 0 Å². The highest BCUT2D eigenvalue weighted by Crippen LogP contribution is 2.01. The third-order valence-electron chi connectivity index (χ3n) is 1.22. The molecule has 0 amide bonds. The molecule has 64 valence electrons. The van der Waals surface area contributed by atoms with Crippen LogP contribution in [0.25, 0.3) is 0 Å². The molecular formula is C9H9BrO2. The lowest BCUT2D eigenvalue weighted by molar-refractivity contribution is -0.0979. The molecule has 0 spiro atoms. The van der Waals surface area contributed by atoms with Crippen LogP contribution in [0.2, 0.25) is 0 Å². The lowest BCUT2D eigenvalue weighted by Crippen LogP contribution is -1.98. The molecule has 0 fully saturated rings. The first-order valence-corrected chi connectivity index (χ1v) is 4.40. The number of carbonyl (C=O) groups is 2. The smallest absolute Gasteiger partial charge is 0.173 e. The maximum atomic E-state index is 11.0. The zero-order chi connectivity index (χ0) is 9.40. The van der Waals surface area contributed by atoms with E-state index in [2.05, 4.69) is 15.9 Å². The highest BCUT2D eigenvalue weighted by atomic mass is 79.9. The summed E-state index contributed by atoms with van der Waals surface area (Å²) in [5, 5.41) is 0.400. The Morgan fingerprint density at radius 2 is 1.75 bits per heavy atom. The van der Waals surface area contributed by atoms with E-state index in [0.29, 0.717) is 5.33 Å². The Hall–Kier alpha value is -0.960. The second kappa shape index (κ2) is 6.73. The van der Waals surface area contributed by atoms with E-state index in [0.717, 1.165) is 5.56 Å². The standard InChI is InChI=1S/C8H7BrO.CH2O/c9-6-8(10)7-4-2-1-3-5-7;1-2/h1-5H,6H2;1H2. The van der Waals surface area contributed by atoms with Gasteiger partial charge in [-0.15, -0.1) is 0 Å². The van der Waals surface area contributed by atoms with Crippen LogP contribution in [-0.2, 0) is 4.79 Å². The Bertz CT molecular complexity index is 234. The van der Waals surface area contributed by atoms with E-state index in [1.165, 1.54) is 0 Å². The van der Waals surface area contributed by atoms with Gasteiger partial charge >= 0.3 is 0 Å². The average Bonchev–Trinajstić information content (AvgIpc) is 2.21. The zero-order valence-electron chi connectivity index (χ0n) is 6.50. The molecule has 1 aromatic carbocycles. The number of benzene rings is 1. The van der Waals surface area contributed by atoms with Crippen LogP contribution in [0.15, 0.2) is 30.3 Å². The van der Waals surface area contributed by atoms with Crippen molar-refractivity contribution in [3.05, 3.63) is 35.9 Å². The van der Waals surface area contributed by atoms with Crippen LogP contribution in [0.4, 0.5) is 0 Å². The van der Waals surface area contributed by atoms with Gasteiger partial charge in [-0.1, -0.05) is 46.3 Å². The van der Waals surface area contributed by atoms with Gasteiger partial charge in [-0.3, -0.25) is 4.79 Å². The highest BCUT2D eigenvalue weighted by Gasteiger charge is 1.99. The van der Waals surface area contributed by atoms with E-state index >= 15 is 0 Å². The normalized spacial score (nSPS) is 8.08. The molecule has 0 atom stereocenters. The quantitative estimate of drug-likeness (QED) is 0.574. The van der Waals surface area contributed by atoms with Crippen LogP contribution < -0.4 is 0 Å². The molecule has 0 aliphatic rings. The Morgan fingerprint density at radius 1 is 1.25 bits per heavy atom. The van der Waals surface area contributed by atoms with Gasteiger partial charge in [-0.25, -0.2) is 0 Å². The summed E-state index contributed by atoms with van der Waals surface area (Å²) < 4.78 is 0. The van der Waals surface area contributed by atoms with Crippen LogP contribution in [0.3, 0.4) is 0 Å². The number of hydrogen-bond acceptors (Lipinski definition) is 2. The van der Waals surface area contributed by atoms with Crippen molar-refractivity contribution in [3.8, 4) is 0 Å². The van der Waals surface area contributed by atoms with Crippen LogP contribution >= 0.6 is 15.9 Å². The Kier molecular flexibility index (Phi) is 6.19. The van der Waals surface area contributed by atoms with Crippen LogP contribution in [0.1, 0.15) is 10.4 Å². The molecule has 0 heterocycles. The minimum Gasteiger partial charge on any atom is -0.307 e. The topological polar surface area (TPSA) is 34.1 Å². The van der Waals surface area contributed by atoms with Gasteiger partial charge in [0, 0.05) is 5.56 Å². The number of hydrogen-bond donors (Lipinski definition) is 0. The van der Waals surface area contributed by atoms with E-state index < -0.39 is 0 Å². The average molecular weight is 229 g/mol. The van der Waals surface area contributed by atoms with Crippen molar-refractivity contribution >= 4 is 28.5 Å². The van der Waals surface area contributed by atoms with Crippen molar-refractivity contribution in [2.24, 2.45) is 0 Å². The summed E-state index contributed by atoms with van der Waals surface area (Å²) in [6.07, 6.45) is 0. The molecule has 1 rings (SSSR count). The molecule has 2 nitrogen and oxygen atoms in total. The second-order valence-electron chi connectivity index (χ2n) is 1.92. The Balaban J connectivity index is 0.000000561. The number of carbonyl (C=O) groups excluding carboxylic acids is 2. The first-order chi connectivity index (χ1) is 5.84. The predicted octanol–water partition coefficient (Wildman–Crippen LogP) is 2.08. The largest absolute Gasteiger partial charge is 0.307 e. The van der Waals surface area contributed by atoms with E-state index in [1.54, 1.807) is 0 Å². The third kappa shape index (κ3) is 3.44. The molecular weight excluding hydrogens is 220 g/mol. The van der Waals surface area contributed by atoms with Crippen molar-refractivity contribution in [2.75, 3.05) is 5.33 Å². The number of rotatable bonds is 2. The van der Waals surface area contributed by atoms with Gasteiger partial charge in [0.05, 0.1) is 5.33 Å². The summed E-state index contributed by atoms with van der Waals surface area (Å²) in [7, 11) is 0. The van der Waals surface area contributed by atoms with Gasteiger partial charge in [0.1, 0.15) is 6.79 Å². The summed E-state index contributed by atoms with van der Waals surface area (Å²) in [5.41, 5.74) is 0.763. The third-order valence-corrected chi connectivity index (χ3v) is 1.73. The second-order valence-corrected chi connectivity index (χ2v) is 2.48. The zero-order valence-corrected chi connectivity index (χ0v) is 8.08. The molecule has 12 heavy (non-hydrogen) atoms. The summed E-state index contributed by atoms with van der Waals surface area (Å²) >= 11 is 3.10. The Labute approximate surface area is 79.7 Å².